The van der Waals surface area contributed by atoms with Gasteiger partial charge in [-0.05, 0) is 40.9 Å². The SMILES string of the molecule is CCCCCCCCCCCC[N+](C)(C)CCC[Si](c1ccccc1)(c1ccccc1)c1ccccc1. The van der Waals surface area contributed by atoms with Gasteiger partial charge in [-0.25, -0.2) is 0 Å². The second-order valence-corrected chi connectivity index (χ2v) is 15.7. The molecule has 37 heavy (non-hydrogen) atoms. The lowest BCUT2D eigenvalue weighted by atomic mass is 10.1. The van der Waals surface area contributed by atoms with E-state index in [9.17, 15) is 0 Å². The molecule has 0 unspecified atom stereocenters. The van der Waals surface area contributed by atoms with Crippen molar-refractivity contribution in [2.24, 2.45) is 0 Å². The van der Waals surface area contributed by atoms with Gasteiger partial charge < -0.3 is 4.48 Å². The Bertz CT molecular complexity index is 871. The average molecular weight is 515 g/mol. The number of hydrogen-bond donors (Lipinski definition) is 0. The normalized spacial score (nSPS) is 12.1. The van der Waals surface area contributed by atoms with Gasteiger partial charge in [0.1, 0.15) is 8.07 Å². The first kappa shape index (κ1) is 29.4. The van der Waals surface area contributed by atoms with Crippen LogP contribution in [-0.4, -0.2) is 39.7 Å². The summed E-state index contributed by atoms with van der Waals surface area (Å²) in [5.74, 6) is 0. The zero-order chi connectivity index (χ0) is 26.2. The zero-order valence-corrected chi connectivity index (χ0v) is 25.0. The molecule has 0 N–H and O–H groups in total. The van der Waals surface area contributed by atoms with Crippen molar-refractivity contribution in [2.75, 3.05) is 27.2 Å². The summed E-state index contributed by atoms with van der Waals surface area (Å²) in [6, 6.07) is 35.4. The van der Waals surface area contributed by atoms with Gasteiger partial charge in [0.15, 0.2) is 0 Å². The molecule has 0 amide bonds. The Balaban J connectivity index is 1.59. The van der Waals surface area contributed by atoms with Gasteiger partial charge in [-0.3, -0.25) is 0 Å². The molecule has 3 aromatic rings. The summed E-state index contributed by atoms with van der Waals surface area (Å²) in [5, 5.41) is 4.60. The third-order valence-electron chi connectivity index (χ3n) is 8.23. The number of unbranched alkanes of at least 4 members (excludes halogenated alkanes) is 9. The van der Waals surface area contributed by atoms with Gasteiger partial charge in [-0.2, -0.15) is 0 Å². The lowest BCUT2D eigenvalue weighted by molar-refractivity contribution is -0.890. The van der Waals surface area contributed by atoms with E-state index in [4.69, 9.17) is 0 Å². The quantitative estimate of drug-likeness (QED) is 0.0711. The van der Waals surface area contributed by atoms with E-state index in [0.717, 1.165) is 4.48 Å². The summed E-state index contributed by atoms with van der Waals surface area (Å²) in [4.78, 5) is 0. The molecule has 2 heteroatoms. The monoisotopic (exact) mass is 514 g/mol. The highest BCUT2D eigenvalue weighted by Crippen LogP contribution is 2.18. The maximum Gasteiger partial charge on any atom is 0.148 e. The van der Waals surface area contributed by atoms with E-state index in [1.165, 1.54) is 105 Å². The van der Waals surface area contributed by atoms with Crippen LogP contribution in [0, 0.1) is 0 Å². The van der Waals surface area contributed by atoms with Crippen molar-refractivity contribution in [3.63, 3.8) is 0 Å². The highest BCUT2D eigenvalue weighted by molar-refractivity contribution is 7.11. The molecule has 0 fully saturated rings. The standard InChI is InChI=1S/C35H52NSi/c1-4-5-6-7-8-9-10-11-12-22-30-36(2,3)31-23-32-37(33-24-16-13-17-25-33,34-26-18-14-19-27-34)35-28-20-15-21-29-35/h13-21,24-29H,4-12,22-23,30-32H2,1-3H3/q+1. The van der Waals surface area contributed by atoms with E-state index in [0.29, 0.717) is 0 Å². The van der Waals surface area contributed by atoms with E-state index < -0.39 is 8.07 Å². The van der Waals surface area contributed by atoms with Crippen LogP contribution in [0.3, 0.4) is 0 Å². The van der Waals surface area contributed by atoms with Gasteiger partial charge in [-0.1, -0.05) is 149 Å². The number of rotatable bonds is 18. The van der Waals surface area contributed by atoms with Crippen LogP contribution in [0.5, 0.6) is 0 Å². The first-order valence-electron chi connectivity index (χ1n) is 15.1. The van der Waals surface area contributed by atoms with Crippen molar-refractivity contribution in [1.29, 1.82) is 0 Å². The van der Waals surface area contributed by atoms with Crippen molar-refractivity contribution in [1.82, 2.24) is 0 Å². The topological polar surface area (TPSA) is 0 Å². The Morgan fingerprint density at radius 2 is 0.811 bits per heavy atom. The van der Waals surface area contributed by atoms with Crippen LogP contribution in [0.2, 0.25) is 6.04 Å². The Morgan fingerprint density at radius 1 is 0.459 bits per heavy atom. The molecule has 0 aliphatic rings. The van der Waals surface area contributed by atoms with Crippen LogP contribution in [0.1, 0.15) is 77.6 Å². The lowest BCUT2D eigenvalue weighted by Crippen LogP contribution is -2.67. The second kappa shape index (κ2) is 15.9. The molecule has 0 spiro atoms. The Labute approximate surface area is 229 Å². The van der Waals surface area contributed by atoms with Crippen molar-refractivity contribution in [2.45, 2.75) is 83.6 Å². The highest BCUT2D eigenvalue weighted by Gasteiger charge is 2.39. The second-order valence-electron chi connectivity index (χ2n) is 11.7. The van der Waals surface area contributed by atoms with Gasteiger partial charge in [0, 0.05) is 0 Å². The van der Waals surface area contributed by atoms with Crippen LogP contribution in [0.15, 0.2) is 91.0 Å². The molecule has 0 aliphatic carbocycles. The minimum atomic E-state index is -2.10. The van der Waals surface area contributed by atoms with Crippen LogP contribution >= 0.6 is 0 Å². The molecule has 0 bridgehead atoms. The summed E-state index contributed by atoms with van der Waals surface area (Å²) in [7, 11) is 2.80. The van der Waals surface area contributed by atoms with Gasteiger partial charge in [0.05, 0.1) is 27.2 Å². The molecule has 3 aromatic carbocycles. The highest BCUT2D eigenvalue weighted by atomic mass is 28.3. The Kier molecular flexibility index (Phi) is 12.7. The molecule has 1 nitrogen and oxygen atoms in total. The molecule has 0 atom stereocenters. The molecular weight excluding hydrogens is 462 g/mol. The van der Waals surface area contributed by atoms with Gasteiger partial charge in [-0.15, -0.1) is 0 Å². The third kappa shape index (κ3) is 9.27. The van der Waals surface area contributed by atoms with Gasteiger partial charge in [0.2, 0.25) is 0 Å². The predicted molar refractivity (Wildman–Crippen MR) is 167 cm³/mol. The molecule has 0 aliphatic heterocycles. The lowest BCUT2D eigenvalue weighted by Gasteiger charge is -2.36. The zero-order valence-electron chi connectivity index (χ0n) is 24.0. The molecule has 0 heterocycles. The predicted octanol–water partition coefficient (Wildman–Crippen LogP) is 7.54. The van der Waals surface area contributed by atoms with Crippen LogP contribution in [0.4, 0.5) is 0 Å². The minimum absolute atomic E-state index is 1.14. The van der Waals surface area contributed by atoms with Crippen LogP contribution in [-0.2, 0) is 0 Å². The van der Waals surface area contributed by atoms with Crippen LogP contribution in [0.25, 0.3) is 0 Å². The molecule has 0 saturated carbocycles. The largest absolute Gasteiger partial charge is 0.328 e. The van der Waals surface area contributed by atoms with E-state index in [1.807, 2.05) is 0 Å². The van der Waals surface area contributed by atoms with Crippen molar-refractivity contribution >= 4 is 23.6 Å². The van der Waals surface area contributed by atoms with Crippen molar-refractivity contribution in [3.05, 3.63) is 91.0 Å². The number of hydrogen-bond acceptors (Lipinski definition) is 0. The Morgan fingerprint density at radius 3 is 1.22 bits per heavy atom. The first-order valence-corrected chi connectivity index (χ1v) is 17.3. The summed E-state index contributed by atoms with van der Waals surface area (Å²) in [6.45, 7) is 4.85. The summed E-state index contributed by atoms with van der Waals surface area (Å²) in [6.07, 6.45) is 15.4. The van der Waals surface area contributed by atoms with Gasteiger partial charge in [0.25, 0.3) is 0 Å². The molecule has 0 radical (unpaired) electrons. The fraction of sp³-hybridized carbons (Fsp3) is 0.486. The molecule has 0 aromatic heterocycles. The number of nitrogens with zero attached hydrogens (tertiary/aromatic N) is 1. The molecular formula is C35H52NSi+. The molecule has 3 rings (SSSR count). The van der Waals surface area contributed by atoms with Gasteiger partial charge >= 0.3 is 0 Å². The average Bonchev–Trinajstić information content (AvgIpc) is 2.94. The fourth-order valence-corrected chi connectivity index (χ4v) is 10.9. The molecule has 0 saturated heterocycles. The summed E-state index contributed by atoms with van der Waals surface area (Å²) >= 11 is 0. The van der Waals surface area contributed by atoms with E-state index >= 15 is 0 Å². The van der Waals surface area contributed by atoms with Crippen molar-refractivity contribution in [3.8, 4) is 0 Å². The maximum atomic E-state index is 2.45. The summed E-state index contributed by atoms with van der Waals surface area (Å²) in [5.41, 5.74) is 0. The van der Waals surface area contributed by atoms with E-state index in [2.05, 4.69) is 112 Å². The summed E-state index contributed by atoms with van der Waals surface area (Å²) < 4.78 is 1.14. The molecule has 200 valence electrons. The fourth-order valence-electron chi connectivity index (χ4n) is 6.01. The third-order valence-corrected chi connectivity index (χ3v) is 13.3. The minimum Gasteiger partial charge on any atom is -0.328 e. The number of quaternary nitrogens is 1. The first-order chi connectivity index (χ1) is 18.1. The Hall–Kier alpha value is -2.16. The van der Waals surface area contributed by atoms with E-state index in [-0.39, 0.29) is 0 Å². The van der Waals surface area contributed by atoms with Crippen molar-refractivity contribution < 1.29 is 4.48 Å². The number of benzene rings is 3. The maximum absolute atomic E-state index is 2.45. The smallest absolute Gasteiger partial charge is 0.148 e. The van der Waals surface area contributed by atoms with E-state index in [1.54, 1.807) is 0 Å². The van der Waals surface area contributed by atoms with Crippen LogP contribution < -0.4 is 15.6 Å².